The van der Waals surface area contributed by atoms with E-state index in [9.17, 15) is 4.79 Å². The summed E-state index contributed by atoms with van der Waals surface area (Å²) >= 11 is 0. The predicted molar refractivity (Wildman–Crippen MR) is 76.7 cm³/mol. The van der Waals surface area contributed by atoms with Crippen molar-refractivity contribution in [3.8, 4) is 0 Å². The number of carbonyl (C=O) groups excluding carboxylic acids is 1. The molecule has 19 heavy (non-hydrogen) atoms. The van der Waals surface area contributed by atoms with Gasteiger partial charge in [-0.25, -0.2) is 0 Å². The number of hydrogen-bond acceptors (Lipinski definition) is 2. The van der Waals surface area contributed by atoms with Gasteiger partial charge in [-0.15, -0.1) is 0 Å². The van der Waals surface area contributed by atoms with Gasteiger partial charge in [-0.05, 0) is 24.8 Å². The van der Waals surface area contributed by atoms with E-state index >= 15 is 0 Å². The molecule has 0 spiro atoms. The van der Waals surface area contributed by atoms with Crippen LogP contribution in [0.25, 0.3) is 0 Å². The SMILES string of the molecule is CCC(C)C(=O)OC(c1ccccc1)C1CCCC1. The Morgan fingerprint density at radius 2 is 1.89 bits per heavy atom. The highest BCUT2D eigenvalue weighted by atomic mass is 16.5. The molecule has 0 N–H and O–H groups in total. The topological polar surface area (TPSA) is 26.3 Å². The predicted octanol–water partition coefficient (Wildman–Crippen LogP) is 4.51. The van der Waals surface area contributed by atoms with Crippen molar-refractivity contribution in [1.29, 1.82) is 0 Å². The van der Waals surface area contributed by atoms with Crippen LogP contribution >= 0.6 is 0 Å². The first-order chi connectivity index (χ1) is 9.22. The fourth-order valence-corrected chi connectivity index (χ4v) is 2.75. The van der Waals surface area contributed by atoms with Crippen molar-refractivity contribution >= 4 is 5.97 Å². The van der Waals surface area contributed by atoms with E-state index in [0.29, 0.717) is 5.92 Å². The Balaban J connectivity index is 2.13. The first kappa shape index (κ1) is 14.1. The van der Waals surface area contributed by atoms with Crippen molar-refractivity contribution in [1.82, 2.24) is 0 Å². The van der Waals surface area contributed by atoms with E-state index in [1.807, 2.05) is 32.0 Å². The minimum Gasteiger partial charge on any atom is -0.457 e. The Morgan fingerprint density at radius 3 is 2.47 bits per heavy atom. The van der Waals surface area contributed by atoms with E-state index in [-0.39, 0.29) is 18.0 Å². The highest BCUT2D eigenvalue weighted by Crippen LogP contribution is 2.38. The lowest BCUT2D eigenvalue weighted by atomic mass is 9.94. The van der Waals surface area contributed by atoms with Crippen LogP contribution < -0.4 is 0 Å². The Kier molecular flexibility index (Phi) is 5.00. The van der Waals surface area contributed by atoms with Crippen molar-refractivity contribution in [3.63, 3.8) is 0 Å². The van der Waals surface area contributed by atoms with E-state index in [2.05, 4.69) is 12.1 Å². The third-order valence-electron chi connectivity index (χ3n) is 4.21. The lowest BCUT2D eigenvalue weighted by Gasteiger charge is -2.25. The molecular weight excluding hydrogens is 236 g/mol. The molecule has 1 aromatic carbocycles. The maximum absolute atomic E-state index is 12.1. The fraction of sp³-hybridized carbons (Fsp3) is 0.588. The van der Waals surface area contributed by atoms with Gasteiger partial charge in [-0.2, -0.15) is 0 Å². The van der Waals surface area contributed by atoms with E-state index in [1.165, 1.54) is 25.7 Å². The van der Waals surface area contributed by atoms with Gasteiger partial charge in [0.25, 0.3) is 0 Å². The summed E-state index contributed by atoms with van der Waals surface area (Å²) in [5.74, 6) is 0.436. The largest absolute Gasteiger partial charge is 0.457 e. The smallest absolute Gasteiger partial charge is 0.309 e. The van der Waals surface area contributed by atoms with E-state index < -0.39 is 0 Å². The number of benzene rings is 1. The zero-order valence-electron chi connectivity index (χ0n) is 12.0. The fourth-order valence-electron chi connectivity index (χ4n) is 2.75. The number of hydrogen-bond donors (Lipinski definition) is 0. The van der Waals surface area contributed by atoms with Gasteiger partial charge in [-0.1, -0.05) is 57.0 Å². The Labute approximate surface area is 116 Å². The van der Waals surface area contributed by atoms with Crippen LogP contribution in [0.5, 0.6) is 0 Å². The maximum atomic E-state index is 12.1. The second kappa shape index (κ2) is 6.74. The first-order valence-electron chi connectivity index (χ1n) is 7.47. The molecule has 0 amide bonds. The van der Waals surface area contributed by atoms with Crippen LogP contribution in [0.15, 0.2) is 30.3 Å². The Bertz CT molecular complexity index is 393. The molecule has 0 saturated heterocycles. The highest BCUT2D eigenvalue weighted by molar-refractivity contribution is 5.72. The normalized spacial score (nSPS) is 19.1. The zero-order chi connectivity index (χ0) is 13.7. The van der Waals surface area contributed by atoms with Gasteiger partial charge in [0, 0.05) is 5.92 Å². The van der Waals surface area contributed by atoms with Crippen molar-refractivity contribution in [3.05, 3.63) is 35.9 Å². The molecule has 0 radical (unpaired) electrons. The molecule has 2 unspecified atom stereocenters. The minimum absolute atomic E-state index is 0.00684. The molecule has 0 heterocycles. The van der Waals surface area contributed by atoms with Crippen LogP contribution in [0, 0.1) is 11.8 Å². The van der Waals surface area contributed by atoms with Gasteiger partial charge in [-0.3, -0.25) is 4.79 Å². The highest BCUT2D eigenvalue weighted by Gasteiger charge is 2.30. The lowest BCUT2D eigenvalue weighted by Crippen LogP contribution is -2.22. The number of ether oxygens (including phenoxy) is 1. The van der Waals surface area contributed by atoms with Crippen molar-refractivity contribution in [2.24, 2.45) is 11.8 Å². The molecule has 1 aliphatic carbocycles. The molecule has 1 aliphatic rings. The van der Waals surface area contributed by atoms with Gasteiger partial charge >= 0.3 is 5.97 Å². The molecule has 0 aromatic heterocycles. The Morgan fingerprint density at radius 1 is 1.26 bits per heavy atom. The van der Waals surface area contributed by atoms with Crippen molar-refractivity contribution in [2.75, 3.05) is 0 Å². The van der Waals surface area contributed by atoms with Crippen LogP contribution in [0.2, 0.25) is 0 Å². The van der Waals surface area contributed by atoms with Gasteiger partial charge < -0.3 is 4.74 Å². The lowest BCUT2D eigenvalue weighted by molar-refractivity contribution is -0.157. The molecule has 2 atom stereocenters. The molecule has 2 rings (SSSR count). The van der Waals surface area contributed by atoms with E-state index in [4.69, 9.17) is 4.74 Å². The third kappa shape index (κ3) is 3.59. The summed E-state index contributed by atoms with van der Waals surface area (Å²) in [6.07, 6.45) is 5.65. The van der Waals surface area contributed by atoms with Crippen LogP contribution in [0.3, 0.4) is 0 Å². The van der Waals surface area contributed by atoms with Crippen LogP contribution in [0.4, 0.5) is 0 Å². The minimum atomic E-state index is -0.0525. The molecule has 2 nitrogen and oxygen atoms in total. The Hall–Kier alpha value is -1.31. The molecule has 1 aromatic rings. The maximum Gasteiger partial charge on any atom is 0.309 e. The molecule has 1 saturated carbocycles. The van der Waals surface area contributed by atoms with Crippen LogP contribution in [-0.2, 0) is 9.53 Å². The second-order valence-corrected chi connectivity index (χ2v) is 5.62. The number of esters is 1. The number of rotatable bonds is 5. The average molecular weight is 260 g/mol. The monoisotopic (exact) mass is 260 g/mol. The summed E-state index contributed by atoms with van der Waals surface area (Å²) in [6.45, 7) is 3.97. The van der Waals surface area contributed by atoms with Crippen LogP contribution in [-0.4, -0.2) is 5.97 Å². The van der Waals surface area contributed by atoms with Gasteiger partial charge in [0.15, 0.2) is 0 Å². The molecule has 104 valence electrons. The molecule has 2 heteroatoms. The second-order valence-electron chi connectivity index (χ2n) is 5.62. The summed E-state index contributed by atoms with van der Waals surface area (Å²) < 4.78 is 5.83. The quantitative estimate of drug-likeness (QED) is 0.728. The van der Waals surface area contributed by atoms with Gasteiger partial charge in [0.1, 0.15) is 6.10 Å². The molecule has 0 bridgehead atoms. The van der Waals surface area contributed by atoms with E-state index in [0.717, 1.165) is 12.0 Å². The molecule has 0 aliphatic heterocycles. The summed E-state index contributed by atoms with van der Waals surface area (Å²) in [4.78, 5) is 12.1. The molecular formula is C17H24O2. The standard InChI is InChI=1S/C17H24O2/c1-3-13(2)17(18)19-16(15-11-7-8-12-15)14-9-5-4-6-10-14/h4-6,9-10,13,15-16H,3,7-8,11-12H2,1-2H3. The third-order valence-corrected chi connectivity index (χ3v) is 4.21. The zero-order valence-corrected chi connectivity index (χ0v) is 12.0. The summed E-state index contributed by atoms with van der Waals surface area (Å²) in [7, 11) is 0. The van der Waals surface area contributed by atoms with E-state index in [1.54, 1.807) is 0 Å². The van der Waals surface area contributed by atoms with Gasteiger partial charge in [0.05, 0.1) is 5.92 Å². The summed E-state index contributed by atoms with van der Waals surface area (Å²) in [5, 5.41) is 0. The van der Waals surface area contributed by atoms with Crippen molar-refractivity contribution < 1.29 is 9.53 Å². The average Bonchev–Trinajstić information content (AvgIpc) is 2.98. The first-order valence-corrected chi connectivity index (χ1v) is 7.47. The van der Waals surface area contributed by atoms with Crippen molar-refractivity contribution in [2.45, 2.75) is 52.1 Å². The summed E-state index contributed by atoms with van der Waals surface area (Å²) in [6, 6.07) is 10.2. The van der Waals surface area contributed by atoms with Crippen LogP contribution in [0.1, 0.15) is 57.6 Å². The summed E-state index contributed by atoms with van der Waals surface area (Å²) in [5.41, 5.74) is 1.14. The molecule has 1 fully saturated rings. The van der Waals surface area contributed by atoms with Gasteiger partial charge in [0.2, 0.25) is 0 Å². The number of carbonyl (C=O) groups is 1.